The van der Waals surface area contributed by atoms with Crippen molar-refractivity contribution in [1.82, 2.24) is 0 Å². The number of aryl methyl sites for hydroxylation is 1. The summed E-state index contributed by atoms with van der Waals surface area (Å²) in [4.78, 5) is 0. The Morgan fingerprint density at radius 2 is 1.75 bits per heavy atom. The summed E-state index contributed by atoms with van der Waals surface area (Å²) in [5, 5.41) is 10.7. The molecular formula is C16H17Br2NO. The quantitative estimate of drug-likeness (QED) is 0.806. The molecule has 0 radical (unpaired) electrons. The number of aliphatic hydroxyl groups excluding tert-OH is 1. The molecule has 2 rings (SSSR count). The summed E-state index contributed by atoms with van der Waals surface area (Å²) < 4.78 is 1.93. The fourth-order valence-electron chi connectivity index (χ4n) is 2.26. The first-order valence-corrected chi connectivity index (χ1v) is 8.01. The Hall–Kier alpha value is -0.680. The van der Waals surface area contributed by atoms with Gasteiger partial charge in [0.25, 0.3) is 0 Å². The molecule has 2 aromatic carbocycles. The molecule has 0 heterocycles. The highest BCUT2D eigenvalue weighted by Crippen LogP contribution is 2.35. The van der Waals surface area contributed by atoms with Crippen molar-refractivity contribution < 1.29 is 5.11 Å². The van der Waals surface area contributed by atoms with E-state index in [4.69, 9.17) is 5.73 Å². The normalized spacial score (nSPS) is 14.1. The highest BCUT2D eigenvalue weighted by molar-refractivity contribution is 9.10. The average Bonchev–Trinajstić information content (AvgIpc) is 2.44. The lowest BCUT2D eigenvalue weighted by Crippen LogP contribution is -2.20. The summed E-state index contributed by atoms with van der Waals surface area (Å²) in [6.45, 7) is 2.41. The van der Waals surface area contributed by atoms with E-state index in [1.807, 2.05) is 49.4 Å². The standard InChI is InChI=1S/C16H17Br2NO/c1-10-2-7-15(18)13(8-10)16(20)14(9-19)11-3-5-12(17)6-4-11/h2-8,14,16,20H,9,19H2,1H3. The Labute approximate surface area is 136 Å². The average molecular weight is 399 g/mol. The Morgan fingerprint density at radius 3 is 2.35 bits per heavy atom. The van der Waals surface area contributed by atoms with E-state index in [0.29, 0.717) is 6.54 Å². The van der Waals surface area contributed by atoms with Crippen LogP contribution in [0.25, 0.3) is 0 Å². The van der Waals surface area contributed by atoms with E-state index in [9.17, 15) is 5.11 Å². The molecule has 4 heteroatoms. The number of benzene rings is 2. The Balaban J connectivity index is 2.35. The molecule has 0 saturated heterocycles. The van der Waals surface area contributed by atoms with Crippen molar-refractivity contribution in [3.8, 4) is 0 Å². The molecule has 0 saturated carbocycles. The van der Waals surface area contributed by atoms with Gasteiger partial charge in [-0.25, -0.2) is 0 Å². The third-order valence-electron chi connectivity index (χ3n) is 3.40. The first-order chi connectivity index (χ1) is 9.52. The van der Waals surface area contributed by atoms with E-state index >= 15 is 0 Å². The van der Waals surface area contributed by atoms with Gasteiger partial charge in [-0.3, -0.25) is 0 Å². The SMILES string of the molecule is Cc1ccc(Br)c(C(O)C(CN)c2ccc(Br)cc2)c1. The second-order valence-corrected chi connectivity index (χ2v) is 6.63. The molecule has 0 aliphatic heterocycles. The summed E-state index contributed by atoms with van der Waals surface area (Å²) >= 11 is 6.92. The predicted octanol–water partition coefficient (Wildman–Crippen LogP) is 4.30. The summed E-state index contributed by atoms with van der Waals surface area (Å²) in [6, 6.07) is 13.9. The topological polar surface area (TPSA) is 46.2 Å². The van der Waals surface area contributed by atoms with Gasteiger partial charge in [0.15, 0.2) is 0 Å². The minimum Gasteiger partial charge on any atom is -0.388 e. The zero-order chi connectivity index (χ0) is 14.7. The second-order valence-electron chi connectivity index (χ2n) is 4.86. The minimum absolute atomic E-state index is 0.124. The van der Waals surface area contributed by atoms with Crippen LogP contribution < -0.4 is 5.73 Å². The molecule has 0 amide bonds. The van der Waals surface area contributed by atoms with Gasteiger partial charge < -0.3 is 10.8 Å². The smallest absolute Gasteiger partial charge is 0.0881 e. The number of aliphatic hydroxyl groups is 1. The molecule has 0 aromatic heterocycles. The second kappa shape index (κ2) is 6.85. The Kier molecular flexibility index (Phi) is 5.38. The Bertz CT molecular complexity index is 584. The van der Waals surface area contributed by atoms with Crippen LogP contribution in [0, 0.1) is 6.92 Å². The van der Waals surface area contributed by atoms with Crippen LogP contribution in [0.1, 0.15) is 28.7 Å². The minimum atomic E-state index is -0.629. The molecule has 2 aromatic rings. The monoisotopic (exact) mass is 397 g/mol. The van der Waals surface area contributed by atoms with Crippen LogP contribution in [0.15, 0.2) is 51.4 Å². The van der Waals surface area contributed by atoms with Gasteiger partial charge in [0.05, 0.1) is 6.10 Å². The molecular weight excluding hydrogens is 382 g/mol. The van der Waals surface area contributed by atoms with Crippen LogP contribution in [-0.4, -0.2) is 11.7 Å². The zero-order valence-electron chi connectivity index (χ0n) is 11.2. The molecule has 0 aliphatic rings. The Morgan fingerprint density at radius 1 is 1.10 bits per heavy atom. The van der Waals surface area contributed by atoms with E-state index < -0.39 is 6.10 Å². The fraction of sp³-hybridized carbons (Fsp3) is 0.250. The van der Waals surface area contributed by atoms with Crippen molar-refractivity contribution in [2.45, 2.75) is 18.9 Å². The molecule has 2 atom stereocenters. The molecule has 2 unspecified atom stereocenters. The predicted molar refractivity (Wildman–Crippen MR) is 89.8 cm³/mol. The van der Waals surface area contributed by atoms with Crippen LogP contribution in [0.5, 0.6) is 0 Å². The van der Waals surface area contributed by atoms with Gasteiger partial charge in [-0.15, -0.1) is 0 Å². The lowest BCUT2D eigenvalue weighted by Gasteiger charge is -2.23. The maximum absolute atomic E-state index is 10.7. The molecule has 0 aliphatic carbocycles. The van der Waals surface area contributed by atoms with Crippen LogP contribution in [-0.2, 0) is 0 Å². The molecule has 106 valence electrons. The third-order valence-corrected chi connectivity index (χ3v) is 4.65. The van der Waals surface area contributed by atoms with E-state index in [1.165, 1.54) is 0 Å². The number of rotatable bonds is 4. The summed E-state index contributed by atoms with van der Waals surface area (Å²) in [5.41, 5.74) is 8.92. The van der Waals surface area contributed by atoms with Crippen molar-refractivity contribution in [1.29, 1.82) is 0 Å². The summed E-state index contributed by atoms with van der Waals surface area (Å²) in [6.07, 6.45) is -0.629. The van der Waals surface area contributed by atoms with Crippen molar-refractivity contribution >= 4 is 31.9 Å². The summed E-state index contributed by atoms with van der Waals surface area (Å²) in [5.74, 6) is -0.124. The number of halogens is 2. The van der Waals surface area contributed by atoms with Crippen molar-refractivity contribution in [3.63, 3.8) is 0 Å². The third kappa shape index (κ3) is 3.50. The highest BCUT2D eigenvalue weighted by atomic mass is 79.9. The van der Waals surface area contributed by atoms with Gasteiger partial charge in [0, 0.05) is 21.4 Å². The first kappa shape index (κ1) is 15.7. The lowest BCUT2D eigenvalue weighted by atomic mass is 9.89. The van der Waals surface area contributed by atoms with Crippen LogP contribution in [0.4, 0.5) is 0 Å². The van der Waals surface area contributed by atoms with Gasteiger partial charge >= 0.3 is 0 Å². The van der Waals surface area contributed by atoms with E-state index in [1.54, 1.807) is 0 Å². The van der Waals surface area contributed by atoms with Gasteiger partial charge in [-0.2, -0.15) is 0 Å². The number of hydrogen-bond donors (Lipinski definition) is 2. The van der Waals surface area contributed by atoms with Gasteiger partial charge in [-0.1, -0.05) is 61.7 Å². The molecule has 20 heavy (non-hydrogen) atoms. The van der Waals surface area contributed by atoms with Gasteiger partial charge in [0.2, 0.25) is 0 Å². The van der Waals surface area contributed by atoms with E-state index in [-0.39, 0.29) is 5.92 Å². The first-order valence-electron chi connectivity index (χ1n) is 6.42. The van der Waals surface area contributed by atoms with Crippen molar-refractivity contribution in [3.05, 3.63) is 68.1 Å². The van der Waals surface area contributed by atoms with Crippen LogP contribution in [0.3, 0.4) is 0 Å². The van der Waals surface area contributed by atoms with E-state index in [0.717, 1.165) is 25.6 Å². The summed E-state index contributed by atoms with van der Waals surface area (Å²) in [7, 11) is 0. The fourth-order valence-corrected chi connectivity index (χ4v) is 3.01. The number of hydrogen-bond acceptors (Lipinski definition) is 2. The molecule has 2 nitrogen and oxygen atoms in total. The van der Waals surface area contributed by atoms with Gasteiger partial charge in [0.1, 0.15) is 0 Å². The van der Waals surface area contributed by atoms with Gasteiger partial charge in [-0.05, 0) is 36.2 Å². The van der Waals surface area contributed by atoms with E-state index in [2.05, 4.69) is 31.9 Å². The van der Waals surface area contributed by atoms with Crippen LogP contribution in [0.2, 0.25) is 0 Å². The number of nitrogens with two attached hydrogens (primary N) is 1. The largest absolute Gasteiger partial charge is 0.388 e. The lowest BCUT2D eigenvalue weighted by molar-refractivity contribution is 0.146. The van der Waals surface area contributed by atoms with Crippen LogP contribution >= 0.6 is 31.9 Å². The molecule has 0 fully saturated rings. The molecule has 0 bridgehead atoms. The maximum Gasteiger partial charge on any atom is 0.0881 e. The van der Waals surface area contributed by atoms with Crippen molar-refractivity contribution in [2.75, 3.05) is 6.54 Å². The van der Waals surface area contributed by atoms with Crippen molar-refractivity contribution in [2.24, 2.45) is 5.73 Å². The maximum atomic E-state index is 10.7. The molecule has 3 N–H and O–H groups in total. The molecule has 0 spiro atoms. The zero-order valence-corrected chi connectivity index (χ0v) is 14.4. The highest BCUT2D eigenvalue weighted by Gasteiger charge is 2.23.